The lowest BCUT2D eigenvalue weighted by atomic mass is 10.2. The summed E-state index contributed by atoms with van der Waals surface area (Å²) in [6.07, 6.45) is 8.87. The van der Waals surface area contributed by atoms with E-state index in [0.717, 1.165) is 0 Å². The van der Waals surface area contributed by atoms with Crippen molar-refractivity contribution < 1.29 is 0 Å². The van der Waals surface area contributed by atoms with Gasteiger partial charge >= 0.3 is 0 Å². The molecular formula is C8H8S. The van der Waals surface area contributed by atoms with Gasteiger partial charge in [-0.15, -0.1) is 0 Å². The topological polar surface area (TPSA) is 0 Å². The van der Waals surface area contributed by atoms with Crippen molar-refractivity contribution in [2.75, 3.05) is 0 Å². The van der Waals surface area contributed by atoms with Gasteiger partial charge in [-0.05, 0) is 11.8 Å². The first-order chi connectivity index (χ1) is 4.36. The van der Waals surface area contributed by atoms with Crippen molar-refractivity contribution >= 4 is 11.8 Å². The third-order valence-corrected chi connectivity index (χ3v) is 2.70. The zero-order valence-corrected chi connectivity index (χ0v) is 6.11. The van der Waals surface area contributed by atoms with E-state index in [1.807, 2.05) is 11.8 Å². The number of fused-ring (bicyclic) bond motifs is 1. The average Bonchev–Trinajstić information content (AvgIpc) is 2.22. The standard InChI is InChI=1S/C8H8S/c1-6-5-7-3-2-4-8(7)9-6/h2-5,7H,1H3. The van der Waals surface area contributed by atoms with Gasteiger partial charge in [-0.25, -0.2) is 0 Å². The van der Waals surface area contributed by atoms with E-state index in [1.165, 1.54) is 9.81 Å². The van der Waals surface area contributed by atoms with Crippen LogP contribution in [0.4, 0.5) is 0 Å². The summed E-state index contributed by atoms with van der Waals surface area (Å²) >= 11 is 1.90. The van der Waals surface area contributed by atoms with Gasteiger partial charge in [0.05, 0.1) is 0 Å². The molecule has 0 aromatic carbocycles. The summed E-state index contributed by atoms with van der Waals surface area (Å²) in [4.78, 5) is 2.93. The van der Waals surface area contributed by atoms with Crippen LogP contribution >= 0.6 is 11.8 Å². The van der Waals surface area contributed by atoms with Crippen LogP contribution in [0.2, 0.25) is 0 Å². The highest BCUT2D eigenvalue weighted by Gasteiger charge is 2.19. The molecule has 9 heavy (non-hydrogen) atoms. The van der Waals surface area contributed by atoms with Crippen molar-refractivity contribution in [1.82, 2.24) is 0 Å². The van der Waals surface area contributed by atoms with Gasteiger partial charge in [-0.3, -0.25) is 0 Å². The van der Waals surface area contributed by atoms with Crippen LogP contribution in [-0.2, 0) is 0 Å². The minimum Gasteiger partial charge on any atom is -0.0986 e. The van der Waals surface area contributed by atoms with Gasteiger partial charge < -0.3 is 0 Å². The van der Waals surface area contributed by atoms with Crippen LogP contribution in [0.25, 0.3) is 0 Å². The van der Waals surface area contributed by atoms with Gasteiger partial charge in [0.1, 0.15) is 0 Å². The molecule has 0 aromatic heterocycles. The molecule has 1 heteroatoms. The second-order valence-electron chi connectivity index (χ2n) is 2.36. The molecule has 0 radical (unpaired) electrons. The molecule has 0 amide bonds. The van der Waals surface area contributed by atoms with E-state index in [-0.39, 0.29) is 0 Å². The summed E-state index contributed by atoms with van der Waals surface area (Å²) in [6.45, 7) is 2.16. The Bertz CT molecular complexity index is 221. The normalized spacial score (nSPS) is 30.1. The Morgan fingerprint density at radius 2 is 2.44 bits per heavy atom. The van der Waals surface area contributed by atoms with E-state index >= 15 is 0 Å². The molecule has 1 atom stereocenters. The van der Waals surface area contributed by atoms with Crippen molar-refractivity contribution in [3.8, 4) is 0 Å². The smallest absolute Gasteiger partial charge is 0.0275 e. The van der Waals surface area contributed by atoms with Crippen molar-refractivity contribution in [1.29, 1.82) is 0 Å². The van der Waals surface area contributed by atoms with E-state index in [4.69, 9.17) is 0 Å². The second-order valence-corrected chi connectivity index (χ2v) is 3.68. The number of rotatable bonds is 0. The van der Waals surface area contributed by atoms with Crippen molar-refractivity contribution in [3.63, 3.8) is 0 Å². The van der Waals surface area contributed by atoms with E-state index in [1.54, 1.807) is 0 Å². The third kappa shape index (κ3) is 0.761. The molecule has 0 fully saturated rings. The highest BCUT2D eigenvalue weighted by atomic mass is 32.2. The Morgan fingerprint density at radius 1 is 1.56 bits per heavy atom. The van der Waals surface area contributed by atoms with E-state index in [0.29, 0.717) is 5.92 Å². The molecule has 0 bridgehead atoms. The summed E-state index contributed by atoms with van der Waals surface area (Å²) in [5.74, 6) is 0.634. The third-order valence-electron chi connectivity index (χ3n) is 1.60. The molecule has 1 aliphatic carbocycles. The zero-order valence-electron chi connectivity index (χ0n) is 5.29. The lowest BCUT2D eigenvalue weighted by Crippen LogP contribution is -1.80. The molecule has 1 unspecified atom stereocenters. The van der Waals surface area contributed by atoms with Gasteiger partial charge in [-0.2, -0.15) is 0 Å². The highest BCUT2D eigenvalue weighted by molar-refractivity contribution is 8.07. The number of thioether (sulfide) groups is 1. The summed E-state index contributed by atoms with van der Waals surface area (Å²) in [5, 5.41) is 0. The van der Waals surface area contributed by atoms with Crippen LogP contribution in [0.5, 0.6) is 0 Å². The van der Waals surface area contributed by atoms with Gasteiger partial charge in [0.25, 0.3) is 0 Å². The van der Waals surface area contributed by atoms with E-state index in [2.05, 4.69) is 31.2 Å². The molecule has 0 nitrogen and oxygen atoms in total. The number of allylic oxidation sites excluding steroid dienone is 6. The Morgan fingerprint density at radius 3 is 3.22 bits per heavy atom. The van der Waals surface area contributed by atoms with E-state index < -0.39 is 0 Å². The summed E-state index contributed by atoms with van der Waals surface area (Å²) in [7, 11) is 0. The van der Waals surface area contributed by atoms with Gasteiger partial charge in [0.15, 0.2) is 0 Å². The number of hydrogen-bond donors (Lipinski definition) is 0. The molecule has 1 heterocycles. The van der Waals surface area contributed by atoms with Crippen LogP contribution in [0.15, 0.2) is 34.1 Å². The molecule has 0 spiro atoms. The zero-order chi connectivity index (χ0) is 6.27. The van der Waals surface area contributed by atoms with Crippen molar-refractivity contribution in [3.05, 3.63) is 34.1 Å². The lowest BCUT2D eigenvalue weighted by Gasteiger charge is -1.94. The fraction of sp³-hybridized carbons (Fsp3) is 0.250. The molecule has 0 saturated carbocycles. The molecular weight excluding hydrogens is 128 g/mol. The predicted octanol–water partition coefficient (Wildman–Crippen LogP) is 2.71. The maximum Gasteiger partial charge on any atom is 0.0275 e. The minimum absolute atomic E-state index is 0.634. The number of hydrogen-bond acceptors (Lipinski definition) is 1. The van der Waals surface area contributed by atoms with Crippen LogP contribution in [0.3, 0.4) is 0 Å². The Hall–Kier alpha value is -0.430. The Labute approximate surface area is 59.3 Å². The average molecular weight is 136 g/mol. The lowest BCUT2D eigenvalue weighted by molar-refractivity contribution is 1.08. The molecule has 0 saturated heterocycles. The molecule has 46 valence electrons. The second kappa shape index (κ2) is 1.77. The maximum absolute atomic E-state index is 2.31. The van der Waals surface area contributed by atoms with Gasteiger partial charge in [0, 0.05) is 10.8 Å². The fourth-order valence-electron chi connectivity index (χ4n) is 1.19. The SMILES string of the molecule is CC1=CC2C=CC=C2S1. The van der Waals surface area contributed by atoms with Gasteiger partial charge in [-0.1, -0.05) is 36.1 Å². The first-order valence-corrected chi connectivity index (χ1v) is 3.92. The highest BCUT2D eigenvalue weighted by Crippen LogP contribution is 2.42. The Balaban J connectivity index is 2.35. The maximum atomic E-state index is 2.31. The molecule has 2 aliphatic rings. The van der Waals surface area contributed by atoms with Crippen molar-refractivity contribution in [2.24, 2.45) is 5.92 Å². The van der Waals surface area contributed by atoms with Crippen LogP contribution in [0, 0.1) is 5.92 Å². The van der Waals surface area contributed by atoms with Crippen LogP contribution in [0.1, 0.15) is 6.92 Å². The van der Waals surface area contributed by atoms with Crippen LogP contribution < -0.4 is 0 Å². The molecule has 1 aliphatic heterocycles. The summed E-state index contributed by atoms with van der Waals surface area (Å²) in [5.41, 5.74) is 0. The molecule has 2 rings (SSSR count). The quantitative estimate of drug-likeness (QED) is 0.493. The molecule has 0 N–H and O–H groups in total. The monoisotopic (exact) mass is 136 g/mol. The largest absolute Gasteiger partial charge is 0.0986 e. The Kier molecular flexibility index (Phi) is 1.06. The van der Waals surface area contributed by atoms with Crippen LogP contribution in [-0.4, -0.2) is 0 Å². The molecule has 0 aromatic rings. The summed E-state index contributed by atoms with van der Waals surface area (Å²) in [6, 6.07) is 0. The summed E-state index contributed by atoms with van der Waals surface area (Å²) < 4.78 is 0. The van der Waals surface area contributed by atoms with Gasteiger partial charge in [0.2, 0.25) is 0 Å². The van der Waals surface area contributed by atoms with E-state index in [9.17, 15) is 0 Å². The predicted molar refractivity (Wildman–Crippen MR) is 42.1 cm³/mol. The first kappa shape index (κ1) is 5.36. The fourth-order valence-corrected chi connectivity index (χ4v) is 2.20. The van der Waals surface area contributed by atoms with Crippen molar-refractivity contribution in [2.45, 2.75) is 6.92 Å². The first-order valence-electron chi connectivity index (χ1n) is 3.11. The minimum atomic E-state index is 0.634.